The number of phenols is 1. The summed E-state index contributed by atoms with van der Waals surface area (Å²) < 4.78 is 0.834. The van der Waals surface area contributed by atoms with Gasteiger partial charge in [0.05, 0.1) is 16.9 Å². The number of carbonyl (C=O) groups excluding carboxylic acids is 1. The van der Waals surface area contributed by atoms with E-state index in [-0.39, 0.29) is 11.3 Å². The molecule has 0 atom stereocenters. The number of benzene rings is 2. The zero-order chi connectivity index (χ0) is 14.0. The lowest BCUT2D eigenvalue weighted by Crippen LogP contribution is -2.13. The van der Waals surface area contributed by atoms with Crippen molar-refractivity contribution in [3.8, 4) is 5.75 Å². The molecule has 2 aromatic carbocycles. The maximum Gasteiger partial charge on any atom is 0.259 e. The summed E-state index contributed by atoms with van der Waals surface area (Å²) in [5.74, 6) is -0.445. The first-order valence-corrected chi connectivity index (χ1v) is 6.42. The minimum Gasteiger partial charge on any atom is -0.507 e. The third kappa shape index (κ3) is 3.06. The van der Waals surface area contributed by atoms with Crippen molar-refractivity contribution in [1.82, 2.24) is 0 Å². The molecule has 2 aromatic rings. The van der Waals surface area contributed by atoms with Crippen molar-refractivity contribution >= 4 is 33.2 Å². The van der Waals surface area contributed by atoms with Gasteiger partial charge in [0.1, 0.15) is 5.75 Å². The molecule has 19 heavy (non-hydrogen) atoms. The average Bonchev–Trinajstić information content (AvgIpc) is 2.32. The molecule has 0 saturated carbocycles. The van der Waals surface area contributed by atoms with Gasteiger partial charge in [-0.1, -0.05) is 22.0 Å². The number of aryl methyl sites for hydroxylation is 1. The molecule has 4 N–H and O–H groups in total. The molecule has 4 nitrogen and oxygen atoms in total. The van der Waals surface area contributed by atoms with Gasteiger partial charge in [-0.05, 0) is 42.8 Å². The summed E-state index contributed by atoms with van der Waals surface area (Å²) in [7, 11) is 0. The fourth-order valence-electron chi connectivity index (χ4n) is 1.67. The van der Waals surface area contributed by atoms with E-state index in [1.807, 2.05) is 6.92 Å². The lowest BCUT2D eigenvalue weighted by Gasteiger charge is -2.10. The Morgan fingerprint density at radius 1 is 1.26 bits per heavy atom. The zero-order valence-corrected chi connectivity index (χ0v) is 11.9. The third-order valence-corrected chi connectivity index (χ3v) is 3.15. The van der Waals surface area contributed by atoms with Gasteiger partial charge in [-0.3, -0.25) is 4.79 Å². The Balaban J connectivity index is 2.25. The highest BCUT2D eigenvalue weighted by molar-refractivity contribution is 9.10. The predicted octanol–water partition coefficient (Wildman–Crippen LogP) is 3.30. The Morgan fingerprint density at radius 2 is 2.00 bits per heavy atom. The smallest absolute Gasteiger partial charge is 0.259 e. The summed E-state index contributed by atoms with van der Waals surface area (Å²) >= 11 is 3.29. The van der Waals surface area contributed by atoms with Crippen LogP contribution in [0.2, 0.25) is 0 Å². The fraction of sp³-hybridized carbons (Fsp3) is 0.0714. The first-order chi connectivity index (χ1) is 8.97. The first kappa shape index (κ1) is 13.4. The van der Waals surface area contributed by atoms with Gasteiger partial charge in [0.15, 0.2) is 0 Å². The number of nitrogen functional groups attached to an aromatic ring is 1. The van der Waals surface area contributed by atoms with Crippen LogP contribution in [0.15, 0.2) is 40.9 Å². The number of aromatic hydroxyl groups is 1. The monoisotopic (exact) mass is 320 g/mol. The average molecular weight is 321 g/mol. The SMILES string of the molecule is Cc1ccc(C(=O)Nc2ccc(Br)cc2N)c(O)c1. The third-order valence-electron chi connectivity index (χ3n) is 2.66. The van der Waals surface area contributed by atoms with Crippen molar-refractivity contribution in [2.24, 2.45) is 0 Å². The van der Waals surface area contributed by atoms with Crippen LogP contribution in [-0.4, -0.2) is 11.0 Å². The highest BCUT2D eigenvalue weighted by Crippen LogP contribution is 2.25. The molecule has 0 spiro atoms. The van der Waals surface area contributed by atoms with Crippen LogP contribution in [0.1, 0.15) is 15.9 Å². The minimum absolute atomic E-state index is 0.0480. The molecule has 0 radical (unpaired) electrons. The second kappa shape index (κ2) is 5.32. The van der Waals surface area contributed by atoms with Gasteiger partial charge < -0.3 is 16.2 Å². The van der Waals surface area contributed by atoms with E-state index < -0.39 is 5.91 Å². The van der Waals surface area contributed by atoms with Crippen LogP contribution in [0.5, 0.6) is 5.75 Å². The van der Waals surface area contributed by atoms with E-state index >= 15 is 0 Å². The summed E-state index contributed by atoms with van der Waals surface area (Å²) in [6.07, 6.45) is 0. The van der Waals surface area contributed by atoms with E-state index in [0.717, 1.165) is 10.0 Å². The van der Waals surface area contributed by atoms with Crippen molar-refractivity contribution in [3.63, 3.8) is 0 Å². The van der Waals surface area contributed by atoms with Gasteiger partial charge in [-0.2, -0.15) is 0 Å². The van der Waals surface area contributed by atoms with Crippen LogP contribution in [0.3, 0.4) is 0 Å². The van der Waals surface area contributed by atoms with E-state index in [1.165, 1.54) is 0 Å². The summed E-state index contributed by atoms with van der Waals surface area (Å²) in [6.45, 7) is 1.84. The quantitative estimate of drug-likeness (QED) is 0.743. The van der Waals surface area contributed by atoms with Crippen molar-refractivity contribution in [2.45, 2.75) is 6.92 Å². The molecule has 0 aliphatic carbocycles. The maximum atomic E-state index is 12.0. The molecule has 0 saturated heterocycles. The van der Waals surface area contributed by atoms with Crippen molar-refractivity contribution in [2.75, 3.05) is 11.1 Å². The molecule has 0 unspecified atom stereocenters. The molecule has 0 aliphatic heterocycles. The van der Waals surface area contributed by atoms with E-state index in [9.17, 15) is 9.90 Å². The Hall–Kier alpha value is -2.01. The molecule has 0 fully saturated rings. The first-order valence-electron chi connectivity index (χ1n) is 5.63. The molecule has 0 heterocycles. The number of anilines is 2. The summed E-state index contributed by atoms with van der Waals surface area (Å²) in [4.78, 5) is 12.0. The predicted molar refractivity (Wildman–Crippen MR) is 79.4 cm³/mol. The van der Waals surface area contributed by atoms with Crippen LogP contribution in [0.4, 0.5) is 11.4 Å². The topological polar surface area (TPSA) is 75.4 Å². The molecular formula is C14H13BrN2O2. The Labute approximate surface area is 119 Å². The molecule has 5 heteroatoms. The van der Waals surface area contributed by atoms with Crippen molar-refractivity contribution in [3.05, 3.63) is 52.0 Å². The van der Waals surface area contributed by atoms with E-state index in [2.05, 4.69) is 21.2 Å². The Morgan fingerprint density at radius 3 is 2.63 bits per heavy atom. The molecule has 0 aromatic heterocycles. The number of nitrogens with two attached hydrogens (primary N) is 1. The number of hydrogen-bond acceptors (Lipinski definition) is 3. The molecular weight excluding hydrogens is 308 g/mol. The van der Waals surface area contributed by atoms with Crippen molar-refractivity contribution in [1.29, 1.82) is 0 Å². The second-order valence-electron chi connectivity index (χ2n) is 4.21. The van der Waals surface area contributed by atoms with Crippen LogP contribution >= 0.6 is 15.9 Å². The number of carbonyl (C=O) groups is 1. The van der Waals surface area contributed by atoms with E-state index in [0.29, 0.717) is 11.4 Å². The van der Waals surface area contributed by atoms with Gasteiger partial charge in [-0.25, -0.2) is 0 Å². The molecule has 98 valence electrons. The Bertz CT molecular complexity index is 641. The molecule has 1 amide bonds. The number of rotatable bonds is 2. The standard InChI is InChI=1S/C14H13BrN2O2/c1-8-2-4-10(13(18)6-8)14(19)17-12-5-3-9(15)7-11(12)16/h2-7,18H,16H2,1H3,(H,17,19). The van der Waals surface area contributed by atoms with Crippen LogP contribution < -0.4 is 11.1 Å². The highest BCUT2D eigenvalue weighted by Gasteiger charge is 2.12. The molecule has 0 bridgehead atoms. The summed E-state index contributed by atoms with van der Waals surface area (Å²) in [5, 5.41) is 12.4. The number of halogens is 1. The molecule has 2 rings (SSSR count). The largest absolute Gasteiger partial charge is 0.507 e. The van der Waals surface area contributed by atoms with Crippen LogP contribution in [0.25, 0.3) is 0 Å². The van der Waals surface area contributed by atoms with Crippen LogP contribution in [-0.2, 0) is 0 Å². The Kier molecular flexibility index (Phi) is 3.76. The lowest BCUT2D eigenvalue weighted by atomic mass is 10.1. The van der Waals surface area contributed by atoms with Gasteiger partial charge in [0, 0.05) is 4.47 Å². The molecule has 0 aliphatic rings. The number of hydrogen-bond donors (Lipinski definition) is 3. The number of phenolic OH excluding ortho intramolecular Hbond substituents is 1. The van der Waals surface area contributed by atoms with Gasteiger partial charge in [0.25, 0.3) is 5.91 Å². The lowest BCUT2D eigenvalue weighted by molar-refractivity contribution is 0.102. The number of nitrogens with one attached hydrogen (secondary N) is 1. The second-order valence-corrected chi connectivity index (χ2v) is 5.12. The highest BCUT2D eigenvalue weighted by atomic mass is 79.9. The van der Waals surface area contributed by atoms with Crippen LogP contribution in [0, 0.1) is 6.92 Å². The normalized spacial score (nSPS) is 10.2. The van der Waals surface area contributed by atoms with Gasteiger partial charge in [0.2, 0.25) is 0 Å². The fourth-order valence-corrected chi connectivity index (χ4v) is 2.05. The zero-order valence-electron chi connectivity index (χ0n) is 10.3. The van der Waals surface area contributed by atoms with Gasteiger partial charge >= 0.3 is 0 Å². The van der Waals surface area contributed by atoms with E-state index in [1.54, 1.807) is 36.4 Å². The summed E-state index contributed by atoms with van der Waals surface area (Å²) in [6, 6.07) is 10.1. The van der Waals surface area contributed by atoms with Crippen molar-refractivity contribution < 1.29 is 9.90 Å². The van der Waals surface area contributed by atoms with E-state index in [4.69, 9.17) is 5.73 Å². The van der Waals surface area contributed by atoms with Gasteiger partial charge in [-0.15, -0.1) is 0 Å². The minimum atomic E-state index is -0.397. The summed E-state index contributed by atoms with van der Waals surface area (Å²) in [5.41, 5.74) is 7.87. The maximum absolute atomic E-state index is 12.0. The number of amides is 1.